The second-order valence-electron chi connectivity index (χ2n) is 1.79. The number of ether oxygens (including phenoxy) is 1. The molecular formula is C7H16O4. The smallest absolute Gasteiger partial charge is 0.302 e. The average molecular weight is 164 g/mol. The van der Waals surface area contributed by atoms with Gasteiger partial charge in [0.15, 0.2) is 0 Å². The van der Waals surface area contributed by atoms with Gasteiger partial charge in [-0.1, -0.05) is 6.92 Å². The monoisotopic (exact) mass is 164 g/mol. The van der Waals surface area contributed by atoms with E-state index >= 15 is 0 Å². The molecule has 0 aromatic carbocycles. The molecule has 0 aliphatic carbocycles. The van der Waals surface area contributed by atoms with E-state index in [4.69, 9.17) is 10.2 Å². The van der Waals surface area contributed by atoms with E-state index in [9.17, 15) is 4.79 Å². The number of aliphatic hydroxyl groups is 2. The molecule has 2 N–H and O–H groups in total. The highest BCUT2D eigenvalue weighted by molar-refractivity contribution is 5.65. The highest BCUT2D eigenvalue weighted by Crippen LogP contribution is 1.78. The van der Waals surface area contributed by atoms with Gasteiger partial charge in [0.2, 0.25) is 0 Å². The largest absolute Gasteiger partial charge is 0.466 e. The SMILES string of the molecule is CCCOC(C)=O.OCCO. The zero-order valence-electron chi connectivity index (χ0n) is 7.04. The molecule has 0 aliphatic heterocycles. The maximum atomic E-state index is 9.98. The summed E-state index contributed by atoms with van der Waals surface area (Å²) in [5.41, 5.74) is 0. The van der Waals surface area contributed by atoms with Gasteiger partial charge in [-0.15, -0.1) is 0 Å². The van der Waals surface area contributed by atoms with Gasteiger partial charge in [-0.25, -0.2) is 0 Å². The Bertz CT molecular complexity index is 80.5. The van der Waals surface area contributed by atoms with E-state index < -0.39 is 0 Å². The van der Waals surface area contributed by atoms with Crippen molar-refractivity contribution in [3.63, 3.8) is 0 Å². The molecule has 0 fully saturated rings. The number of carbonyl (C=O) groups excluding carboxylic acids is 1. The number of carbonyl (C=O) groups is 1. The Morgan fingerprint density at radius 2 is 1.82 bits per heavy atom. The van der Waals surface area contributed by atoms with Gasteiger partial charge in [-0.2, -0.15) is 0 Å². The van der Waals surface area contributed by atoms with Crippen molar-refractivity contribution in [2.45, 2.75) is 20.3 Å². The van der Waals surface area contributed by atoms with E-state index in [2.05, 4.69) is 4.74 Å². The van der Waals surface area contributed by atoms with E-state index in [1.54, 1.807) is 0 Å². The lowest BCUT2D eigenvalue weighted by Gasteiger charge is -1.93. The van der Waals surface area contributed by atoms with Crippen molar-refractivity contribution >= 4 is 5.97 Å². The molecule has 0 heterocycles. The summed E-state index contributed by atoms with van der Waals surface area (Å²) < 4.78 is 4.55. The van der Waals surface area contributed by atoms with Gasteiger partial charge < -0.3 is 14.9 Å². The van der Waals surface area contributed by atoms with Crippen LogP contribution in [0.1, 0.15) is 20.3 Å². The summed E-state index contributed by atoms with van der Waals surface area (Å²) in [5.74, 6) is -0.193. The van der Waals surface area contributed by atoms with Crippen LogP contribution in [0, 0.1) is 0 Å². The molecule has 68 valence electrons. The predicted octanol–water partition coefficient (Wildman–Crippen LogP) is -0.0695. The van der Waals surface area contributed by atoms with Crippen LogP contribution in [-0.4, -0.2) is 36.0 Å². The van der Waals surface area contributed by atoms with E-state index in [1.165, 1.54) is 6.92 Å². The third kappa shape index (κ3) is 26.6. The second-order valence-corrected chi connectivity index (χ2v) is 1.79. The van der Waals surface area contributed by atoms with Crippen LogP contribution in [0.3, 0.4) is 0 Å². The normalized spacial score (nSPS) is 8.00. The fourth-order valence-electron chi connectivity index (χ4n) is 0.246. The number of hydrogen-bond donors (Lipinski definition) is 2. The highest BCUT2D eigenvalue weighted by Gasteiger charge is 1.85. The van der Waals surface area contributed by atoms with Gasteiger partial charge in [-0.05, 0) is 6.42 Å². The van der Waals surface area contributed by atoms with Crippen LogP contribution in [0.4, 0.5) is 0 Å². The second kappa shape index (κ2) is 12.1. The number of rotatable bonds is 3. The van der Waals surface area contributed by atoms with Crippen LogP contribution in [0.2, 0.25) is 0 Å². The molecule has 4 nitrogen and oxygen atoms in total. The standard InChI is InChI=1S/C5H10O2.C2H6O2/c1-3-4-7-5(2)6;3-1-2-4/h3-4H2,1-2H3;3-4H,1-2H2. The Hall–Kier alpha value is -0.610. The molecule has 0 radical (unpaired) electrons. The first-order valence-electron chi connectivity index (χ1n) is 3.54. The van der Waals surface area contributed by atoms with E-state index in [0.29, 0.717) is 6.61 Å². The molecule has 0 bridgehead atoms. The van der Waals surface area contributed by atoms with Gasteiger partial charge in [0, 0.05) is 6.92 Å². The molecule has 0 amide bonds. The summed E-state index contributed by atoms with van der Waals surface area (Å²) in [6, 6.07) is 0. The van der Waals surface area contributed by atoms with Crippen LogP contribution in [-0.2, 0) is 9.53 Å². The lowest BCUT2D eigenvalue weighted by Crippen LogP contribution is -1.98. The number of esters is 1. The van der Waals surface area contributed by atoms with Crippen molar-refractivity contribution < 1.29 is 19.7 Å². The van der Waals surface area contributed by atoms with Crippen LogP contribution >= 0.6 is 0 Å². The summed E-state index contributed by atoms with van der Waals surface area (Å²) in [4.78, 5) is 9.98. The zero-order chi connectivity index (χ0) is 9.11. The molecule has 0 spiro atoms. The minimum atomic E-state index is -0.193. The summed E-state index contributed by atoms with van der Waals surface area (Å²) >= 11 is 0. The minimum absolute atomic E-state index is 0.125. The maximum Gasteiger partial charge on any atom is 0.302 e. The molecule has 0 atom stereocenters. The average Bonchev–Trinajstić information content (AvgIpc) is 2.01. The van der Waals surface area contributed by atoms with Crippen molar-refractivity contribution in [2.75, 3.05) is 19.8 Å². The summed E-state index contributed by atoms with van der Waals surface area (Å²) in [5, 5.41) is 15.2. The van der Waals surface area contributed by atoms with Crippen molar-refractivity contribution in [3.8, 4) is 0 Å². The van der Waals surface area contributed by atoms with Crippen LogP contribution in [0.5, 0.6) is 0 Å². The van der Waals surface area contributed by atoms with Crippen LogP contribution in [0.25, 0.3) is 0 Å². The molecular weight excluding hydrogens is 148 g/mol. The Morgan fingerprint density at radius 1 is 1.36 bits per heavy atom. The lowest BCUT2D eigenvalue weighted by atomic mass is 10.5. The van der Waals surface area contributed by atoms with Crippen molar-refractivity contribution in [1.82, 2.24) is 0 Å². The molecule has 0 aliphatic rings. The molecule has 0 unspecified atom stereocenters. The fourth-order valence-corrected chi connectivity index (χ4v) is 0.246. The maximum absolute atomic E-state index is 9.98. The highest BCUT2D eigenvalue weighted by atomic mass is 16.5. The molecule has 0 rings (SSSR count). The van der Waals surface area contributed by atoms with Gasteiger partial charge >= 0.3 is 5.97 Å². The van der Waals surface area contributed by atoms with E-state index in [-0.39, 0.29) is 19.2 Å². The third-order valence-corrected chi connectivity index (χ3v) is 0.609. The van der Waals surface area contributed by atoms with Crippen LogP contribution < -0.4 is 0 Å². The minimum Gasteiger partial charge on any atom is -0.466 e. The zero-order valence-corrected chi connectivity index (χ0v) is 7.04. The lowest BCUT2D eigenvalue weighted by molar-refractivity contribution is -0.140. The molecule has 0 saturated heterocycles. The Morgan fingerprint density at radius 3 is 1.91 bits per heavy atom. The summed E-state index contributed by atoms with van der Waals surface area (Å²) in [7, 11) is 0. The Balaban J connectivity index is 0. The molecule has 0 aromatic rings. The first-order chi connectivity index (χ1) is 5.18. The van der Waals surface area contributed by atoms with E-state index in [1.807, 2.05) is 6.92 Å². The Labute approximate surface area is 66.8 Å². The fraction of sp³-hybridized carbons (Fsp3) is 0.857. The van der Waals surface area contributed by atoms with Crippen LogP contribution in [0.15, 0.2) is 0 Å². The Kier molecular flexibility index (Phi) is 14.3. The topological polar surface area (TPSA) is 66.8 Å². The van der Waals surface area contributed by atoms with Gasteiger partial charge in [-0.3, -0.25) is 4.79 Å². The predicted molar refractivity (Wildman–Crippen MR) is 41.1 cm³/mol. The first-order valence-corrected chi connectivity index (χ1v) is 3.54. The number of hydrogen-bond acceptors (Lipinski definition) is 4. The molecule has 4 heteroatoms. The molecule has 0 saturated carbocycles. The van der Waals surface area contributed by atoms with E-state index in [0.717, 1.165) is 6.42 Å². The van der Waals surface area contributed by atoms with Gasteiger partial charge in [0.25, 0.3) is 0 Å². The molecule has 11 heavy (non-hydrogen) atoms. The molecule has 0 aromatic heterocycles. The quantitative estimate of drug-likeness (QED) is 0.573. The summed E-state index contributed by atoms with van der Waals surface area (Å²) in [6.45, 7) is 3.67. The summed E-state index contributed by atoms with van der Waals surface area (Å²) in [6.07, 6.45) is 0.902. The first kappa shape index (κ1) is 13.0. The van der Waals surface area contributed by atoms with Crippen molar-refractivity contribution in [1.29, 1.82) is 0 Å². The van der Waals surface area contributed by atoms with Crippen molar-refractivity contribution in [2.24, 2.45) is 0 Å². The third-order valence-electron chi connectivity index (χ3n) is 0.609. The van der Waals surface area contributed by atoms with Gasteiger partial charge in [0.1, 0.15) is 0 Å². The number of aliphatic hydroxyl groups excluding tert-OH is 2. The van der Waals surface area contributed by atoms with Gasteiger partial charge in [0.05, 0.1) is 19.8 Å². The van der Waals surface area contributed by atoms with Crippen molar-refractivity contribution in [3.05, 3.63) is 0 Å².